The molecule has 7 heteroatoms. The highest BCUT2D eigenvalue weighted by atomic mass is 127. The van der Waals surface area contributed by atoms with Crippen molar-refractivity contribution in [2.75, 3.05) is 27.2 Å². The van der Waals surface area contributed by atoms with Crippen LogP contribution in [0.25, 0.3) is 0 Å². The third-order valence-electron chi connectivity index (χ3n) is 4.03. The molecule has 28 heavy (non-hydrogen) atoms. The first-order valence-corrected chi connectivity index (χ1v) is 9.44. The van der Waals surface area contributed by atoms with Gasteiger partial charge in [-0.25, -0.2) is 4.98 Å². The molecule has 0 saturated heterocycles. The van der Waals surface area contributed by atoms with Crippen molar-refractivity contribution in [1.29, 1.82) is 0 Å². The number of unbranched alkanes of at least 4 members (excludes halogenated alkanes) is 1. The fraction of sp³-hybridized carbons (Fsp3) is 0.429. The van der Waals surface area contributed by atoms with Gasteiger partial charge in [-0.3, -0.25) is 4.99 Å². The van der Waals surface area contributed by atoms with Crippen molar-refractivity contribution in [3.8, 4) is 17.4 Å². The summed E-state index contributed by atoms with van der Waals surface area (Å²) in [5.41, 5.74) is 1.06. The Balaban J connectivity index is 0.00000392. The molecule has 1 aromatic heterocycles. The lowest BCUT2D eigenvalue weighted by molar-refractivity contribution is 0.319. The van der Waals surface area contributed by atoms with Crippen molar-refractivity contribution in [3.63, 3.8) is 0 Å². The summed E-state index contributed by atoms with van der Waals surface area (Å²) < 4.78 is 11.4. The maximum absolute atomic E-state index is 5.86. The van der Waals surface area contributed by atoms with Crippen LogP contribution in [0.4, 0.5) is 0 Å². The number of nitrogens with zero attached hydrogens (tertiary/aromatic N) is 3. The van der Waals surface area contributed by atoms with E-state index in [4.69, 9.17) is 9.47 Å². The number of halogens is 1. The Labute approximate surface area is 185 Å². The highest BCUT2D eigenvalue weighted by Crippen LogP contribution is 2.30. The van der Waals surface area contributed by atoms with E-state index < -0.39 is 0 Å². The van der Waals surface area contributed by atoms with E-state index in [2.05, 4.69) is 34.2 Å². The van der Waals surface area contributed by atoms with Gasteiger partial charge in [-0.1, -0.05) is 31.5 Å². The van der Waals surface area contributed by atoms with E-state index in [1.807, 2.05) is 49.5 Å². The lowest BCUT2D eigenvalue weighted by atomic mass is 10.3. The average Bonchev–Trinajstić information content (AvgIpc) is 2.69. The van der Waals surface area contributed by atoms with Crippen LogP contribution in [0, 0.1) is 0 Å². The van der Waals surface area contributed by atoms with Crippen molar-refractivity contribution >= 4 is 29.9 Å². The Kier molecular flexibility index (Phi) is 11.3. The van der Waals surface area contributed by atoms with Gasteiger partial charge in [-0.05, 0) is 31.0 Å². The van der Waals surface area contributed by atoms with Gasteiger partial charge in [0.1, 0.15) is 0 Å². The standard InChI is InChI=1S/C21H30N4O2.HI/c1-5-7-14-25(4)21(22-3)24-16-17-12-13-20(23-15-17)27-19-11-9-8-10-18(19)26-6-2;/h8-13,15H,5-7,14,16H2,1-4H3,(H,22,24);1H. The number of guanidine groups is 1. The number of hydrogen-bond donors (Lipinski definition) is 1. The van der Waals surface area contributed by atoms with Crippen LogP contribution in [0.15, 0.2) is 47.6 Å². The summed E-state index contributed by atoms with van der Waals surface area (Å²) in [6.07, 6.45) is 4.12. The molecular formula is C21H31IN4O2. The summed E-state index contributed by atoms with van der Waals surface area (Å²) >= 11 is 0. The molecular weight excluding hydrogens is 467 g/mol. The zero-order valence-electron chi connectivity index (χ0n) is 17.1. The second-order valence-electron chi connectivity index (χ2n) is 6.16. The molecule has 0 bridgehead atoms. The number of aromatic nitrogens is 1. The smallest absolute Gasteiger partial charge is 0.219 e. The van der Waals surface area contributed by atoms with E-state index in [1.165, 1.54) is 6.42 Å². The molecule has 0 aliphatic rings. The van der Waals surface area contributed by atoms with Crippen molar-refractivity contribution in [2.24, 2.45) is 4.99 Å². The Morgan fingerprint density at radius 3 is 2.50 bits per heavy atom. The van der Waals surface area contributed by atoms with Gasteiger partial charge in [0.2, 0.25) is 5.88 Å². The molecule has 0 atom stereocenters. The van der Waals surface area contributed by atoms with E-state index >= 15 is 0 Å². The van der Waals surface area contributed by atoms with Crippen molar-refractivity contribution in [3.05, 3.63) is 48.2 Å². The van der Waals surface area contributed by atoms with E-state index in [-0.39, 0.29) is 24.0 Å². The van der Waals surface area contributed by atoms with Crippen molar-refractivity contribution in [2.45, 2.75) is 33.2 Å². The first kappa shape index (κ1) is 24.0. The minimum atomic E-state index is 0. The normalized spacial score (nSPS) is 10.8. The lowest BCUT2D eigenvalue weighted by Gasteiger charge is -2.21. The molecule has 0 saturated carbocycles. The number of para-hydroxylation sites is 2. The fourth-order valence-electron chi connectivity index (χ4n) is 2.56. The molecule has 0 spiro atoms. The molecule has 0 radical (unpaired) electrons. The molecule has 0 fully saturated rings. The van der Waals surface area contributed by atoms with Crippen LogP contribution >= 0.6 is 24.0 Å². The molecule has 0 unspecified atom stereocenters. The second-order valence-corrected chi connectivity index (χ2v) is 6.16. The zero-order chi connectivity index (χ0) is 19.5. The number of hydrogen-bond acceptors (Lipinski definition) is 4. The molecule has 1 N–H and O–H groups in total. The van der Waals surface area contributed by atoms with Crippen molar-refractivity contribution < 1.29 is 9.47 Å². The summed E-state index contributed by atoms with van der Waals surface area (Å²) in [5, 5.41) is 3.36. The Hall–Kier alpha value is -2.03. The quantitative estimate of drug-likeness (QED) is 0.309. The predicted molar refractivity (Wildman–Crippen MR) is 125 cm³/mol. The number of nitrogens with one attached hydrogen (secondary N) is 1. The van der Waals surface area contributed by atoms with E-state index in [0.29, 0.717) is 30.5 Å². The van der Waals surface area contributed by atoms with Crippen LogP contribution in [0.2, 0.25) is 0 Å². The first-order valence-electron chi connectivity index (χ1n) is 9.44. The third kappa shape index (κ3) is 7.53. The molecule has 154 valence electrons. The van der Waals surface area contributed by atoms with Gasteiger partial charge in [0, 0.05) is 39.4 Å². The minimum Gasteiger partial charge on any atom is -0.490 e. The van der Waals surface area contributed by atoms with Crippen LogP contribution in [0.5, 0.6) is 17.4 Å². The molecule has 0 amide bonds. The minimum absolute atomic E-state index is 0. The zero-order valence-corrected chi connectivity index (χ0v) is 19.5. The number of ether oxygens (including phenoxy) is 2. The highest BCUT2D eigenvalue weighted by molar-refractivity contribution is 14.0. The second kappa shape index (κ2) is 13.2. The molecule has 0 aliphatic carbocycles. The number of pyridine rings is 1. The summed E-state index contributed by atoms with van der Waals surface area (Å²) in [5.74, 6) is 2.80. The summed E-state index contributed by atoms with van der Waals surface area (Å²) in [6, 6.07) is 11.5. The third-order valence-corrected chi connectivity index (χ3v) is 4.03. The SMILES string of the molecule is CCCCN(C)C(=NC)NCc1ccc(Oc2ccccc2OCC)nc1.I. The van der Waals surface area contributed by atoms with Gasteiger partial charge in [-0.2, -0.15) is 0 Å². The largest absolute Gasteiger partial charge is 0.490 e. The fourth-order valence-corrected chi connectivity index (χ4v) is 2.56. The molecule has 6 nitrogen and oxygen atoms in total. The van der Waals surface area contributed by atoms with Gasteiger partial charge in [-0.15, -0.1) is 24.0 Å². The van der Waals surface area contributed by atoms with Crippen LogP contribution in [0.3, 0.4) is 0 Å². The van der Waals surface area contributed by atoms with Gasteiger partial charge in [0.25, 0.3) is 0 Å². The van der Waals surface area contributed by atoms with E-state index in [9.17, 15) is 0 Å². The summed E-state index contributed by atoms with van der Waals surface area (Å²) in [6.45, 7) is 6.37. The molecule has 1 aromatic carbocycles. The van der Waals surface area contributed by atoms with Gasteiger partial charge in [0.15, 0.2) is 17.5 Å². The summed E-state index contributed by atoms with van der Waals surface area (Å²) in [7, 11) is 3.85. The van der Waals surface area contributed by atoms with E-state index in [0.717, 1.165) is 24.5 Å². The molecule has 2 aromatic rings. The highest BCUT2D eigenvalue weighted by Gasteiger charge is 2.07. The molecule has 0 aliphatic heterocycles. The Morgan fingerprint density at radius 2 is 1.89 bits per heavy atom. The predicted octanol–water partition coefficient (Wildman–Crippen LogP) is 4.70. The average molecular weight is 498 g/mol. The molecule has 2 rings (SSSR count). The lowest BCUT2D eigenvalue weighted by Crippen LogP contribution is -2.38. The summed E-state index contributed by atoms with van der Waals surface area (Å²) in [4.78, 5) is 10.9. The van der Waals surface area contributed by atoms with Gasteiger partial charge >= 0.3 is 0 Å². The maximum atomic E-state index is 5.86. The molecule has 1 heterocycles. The number of benzene rings is 1. The van der Waals surface area contributed by atoms with Gasteiger partial charge < -0.3 is 19.7 Å². The van der Waals surface area contributed by atoms with Crippen LogP contribution in [-0.2, 0) is 6.54 Å². The first-order chi connectivity index (χ1) is 13.2. The Morgan fingerprint density at radius 1 is 1.14 bits per heavy atom. The maximum Gasteiger partial charge on any atom is 0.219 e. The van der Waals surface area contributed by atoms with E-state index in [1.54, 1.807) is 7.05 Å². The number of aliphatic imine (C=N–C) groups is 1. The van der Waals surface area contributed by atoms with Crippen LogP contribution in [0.1, 0.15) is 32.3 Å². The van der Waals surface area contributed by atoms with Crippen LogP contribution in [-0.4, -0.2) is 43.1 Å². The number of rotatable bonds is 9. The topological polar surface area (TPSA) is 59.0 Å². The monoisotopic (exact) mass is 498 g/mol. The van der Waals surface area contributed by atoms with Crippen molar-refractivity contribution in [1.82, 2.24) is 15.2 Å². The Bertz CT molecular complexity index is 723. The van der Waals surface area contributed by atoms with Gasteiger partial charge in [0.05, 0.1) is 6.61 Å². The van der Waals surface area contributed by atoms with Crippen LogP contribution < -0.4 is 14.8 Å².